The highest BCUT2D eigenvalue weighted by molar-refractivity contribution is 5.04. The maximum atomic E-state index is 6.26. The molecule has 98 valence electrons. The van der Waals surface area contributed by atoms with Gasteiger partial charge in [0.25, 0.3) is 0 Å². The molecule has 3 rings (SSSR count). The van der Waals surface area contributed by atoms with Gasteiger partial charge in [0.1, 0.15) is 0 Å². The van der Waals surface area contributed by atoms with Gasteiger partial charge in [0.15, 0.2) is 0 Å². The highest BCUT2D eigenvalue weighted by atomic mass is 15.2. The summed E-state index contributed by atoms with van der Waals surface area (Å²) in [6, 6.07) is 1.31. The summed E-state index contributed by atoms with van der Waals surface area (Å²) in [5.74, 6) is 0.730. The van der Waals surface area contributed by atoms with Gasteiger partial charge in [-0.05, 0) is 50.0 Å². The Bertz CT molecular complexity index is 270. The van der Waals surface area contributed by atoms with E-state index >= 15 is 0 Å². The molecule has 3 aliphatic rings. The summed E-state index contributed by atoms with van der Waals surface area (Å²) in [7, 11) is 0. The quantitative estimate of drug-likeness (QED) is 0.758. The number of hydrogen-bond acceptors (Lipinski definition) is 2. The minimum absolute atomic E-state index is 0.421. The topological polar surface area (TPSA) is 29.3 Å². The Morgan fingerprint density at radius 3 is 2.41 bits per heavy atom. The Morgan fingerprint density at radius 2 is 1.82 bits per heavy atom. The summed E-state index contributed by atoms with van der Waals surface area (Å²) >= 11 is 0. The smallest absolute Gasteiger partial charge is 0.0194 e. The van der Waals surface area contributed by atoms with E-state index in [0.29, 0.717) is 6.04 Å². The van der Waals surface area contributed by atoms with Gasteiger partial charge in [0, 0.05) is 18.6 Å². The first kappa shape index (κ1) is 12.0. The molecule has 17 heavy (non-hydrogen) atoms. The average molecular weight is 236 g/mol. The highest BCUT2D eigenvalue weighted by Crippen LogP contribution is 2.54. The van der Waals surface area contributed by atoms with Crippen LogP contribution in [0.3, 0.4) is 0 Å². The minimum Gasteiger partial charge on any atom is -0.326 e. The Morgan fingerprint density at radius 1 is 1.06 bits per heavy atom. The summed E-state index contributed by atoms with van der Waals surface area (Å²) in [6.45, 7) is 4.79. The van der Waals surface area contributed by atoms with E-state index in [1.54, 1.807) is 0 Å². The number of nitrogens with zero attached hydrogens (tertiary/aromatic N) is 1. The van der Waals surface area contributed by atoms with E-state index in [9.17, 15) is 0 Å². The van der Waals surface area contributed by atoms with Crippen LogP contribution in [0.4, 0.5) is 0 Å². The van der Waals surface area contributed by atoms with E-state index in [1.807, 2.05) is 0 Å². The third-order valence-electron chi connectivity index (χ3n) is 5.96. The zero-order valence-electron chi connectivity index (χ0n) is 11.3. The van der Waals surface area contributed by atoms with Crippen molar-refractivity contribution in [2.24, 2.45) is 17.1 Å². The van der Waals surface area contributed by atoms with Crippen LogP contribution in [0.1, 0.15) is 58.3 Å². The number of hydrogen-bond donors (Lipinski definition) is 1. The van der Waals surface area contributed by atoms with Gasteiger partial charge < -0.3 is 5.73 Å². The maximum Gasteiger partial charge on any atom is 0.0194 e. The monoisotopic (exact) mass is 236 g/mol. The fourth-order valence-corrected chi connectivity index (χ4v) is 4.50. The molecule has 0 aromatic rings. The van der Waals surface area contributed by atoms with Crippen LogP contribution < -0.4 is 5.73 Å². The SMILES string of the molecule is CC1CCN(C2CCC23CCCCC3)CC1N. The molecule has 2 heteroatoms. The van der Waals surface area contributed by atoms with E-state index in [-0.39, 0.29) is 0 Å². The van der Waals surface area contributed by atoms with Crippen LogP contribution in [0.5, 0.6) is 0 Å². The molecule has 1 saturated heterocycles. The van der Waals surface area contributed by atoms with Crippen LogP contribution in [0.2, 0.25) is 0 Å². The van der Waals surface area contributed by atoms with Crippen molar-refractivity contribution in [2.75, 3.05) is 13.1 Å². The van der Waals surface area contributed by atoms with Crippen molar-refractivity contribution in [2.45, 2.75) is 70.4 Å². The summed E-state index contributed by atoms with van der Waals surface area (Å²) in [4.78, 5) is 2.75. The second-order valence-corrected chi connectivity index (χ2v) is 6.90. The zero-order chi connectivity index (χ0) is 11.9. The molecule has 2 aliphatic carbocycles. The van der Waals surface area contributed by atoms with E-state index in [0.717, 1.165) is 23.9 Å². The summed E-state index contributed by atoms with van der Waals surface area (Å²) in [6.07, 6.45) is 11.7. The van der Waals surface area contributed by atoms with Crippen molar-refractivity contribution < 1.29 is 0 Å². The standard InChI is InChI=1S/C15H28N2/c1-12-6-10-17(11-13(12)16)14-5-9-15(14)7-3-2-4-8-15/h12-14H,2-11,16H2,1H3. The van der Waals surface area contributed by atoms with Crippen molar-refractivity contribution >= 4 is 0 Å². The lowest BCUT2D eigenvalue weighted by Gasteiger charge is -2.58. The van der Waals surface area contributed by atoms with Gasteiger partial charge in [-0.3, -0.25) is 4.90 Å². The third-order valence-corrected chi connectivity index (χ3v) is 5.96. The van der Waals surface area contributed by atoms with Crippen LogP contribution in [-0.4, -0.2) is 30.1 Å². The number of nitrogens with two attached hydrogens (primary N) is 1. The third kappa shape index (κ3) is 2.04. The molecule has 0 aromatic heterocycles. The number of likely N-dealkylation sites (tertiary alicyclic amines) is 1. The van der Waals surface area contributed by atoms with Crippen molar-refractivity contribution in [1.29, 1.82) is 0 Å². The Hall–Kier alpha value is -0.0800. The lowest BCUT2D eigenvalue weighted by atomic mass is 9.56. The van der Waals surface area contributed by atoms with Crippen molar-refractivity contribution in [3.05, 3.63) is 0 Å². The second-order valence-electron chi connectivity index (χ2n) is 6.90. The van der Waals surface area contributed by atoms with E-state index in [1.165, 1.54) is 57.9 Å². The van der Waals surface area contributed by atoms with Crippen LogP contribution in [0.25, 0.3) is 0 Å². The zero-order valence-corrected chi connectivity index (χ0v) is 11.3. The van der Waals surface area contributed by atoms with E-state index in [2.05, 4.69) is 11.8 Å². The largest absolute Gasteiger partial charge is 0.326 e. The van der Waals surface area contributed by atoms with Gasteiger partial charge >= 0.3 is 0 Å². The second kappa shape index (κ2) is 4.55. The summed E-state index contributed by atoms with van der Waals surface area (Å²) in [5.41, 5.74) is 6.98. The van der Waals surface area contributed by atoms with Gasteiger partial charge in [-0.2, -0.15) is 0 Å². The number of rotatable bonds is 1. The molecule has 0 radical (unpaired) electrons. The maximum absolute atomic E-state index is 6.26. The van der Waals surface area contributed by atoms with Crippen LogP contribution in [0.15, 0.2) is 0 Å². The van der Waals surface area contributed by atoms with Gasteiger partial charge in [-0.1, -0.05) is 26.2 Å². The molecule has 1 heterocycles. The molecule has 2 saturated carbocycles. The molecular formula is C15H28N2. The molecule has 0 amide bonds. The molecule has 0 bridgehead atoms. The number of piperidine rings is 1. The molecule has 1 aliphatic heterocycles. The lowest BCUT2D eigenvalue weighted by Crippen LogP contribution is -2.61. The van der Waals surface area contributed by atoms with Crippen molar-refractivity contribution in [1.82, 2.24) is 4.90 Å². The van der Waals surface area contributed by atoms with Gasteiger partial charge in [0.2, 0.25) is 0 Å². The summed E-state index contributed by atoms with van der Waals surface area (Å²) in [5, 5.41) is 0. The lowest BCUT2D eigenvalue weighted by molar-refractivity contribution is -0.0666. The Kier molecular flexibility index (Phi) is 3.20. The van der Waals surface area contributed by atoms with Gasteiger partial charge in [-0.25, -0.2) is 0 Å². The fourth-order valence-electron chi connectivity index (χ4n) is 4.50. The first-order valence-corrected chi connectivity index (χ1v) is 7.71. The minimum atomic E-state index is 0.421. The summed E-state index contributed by atoms with van der Waals surface area (Å²) < 4.78 is 0. The molecule has 3 fully saturated rings. The van der Waals surface area contributed by atoms with Gasteiger partial charge in [-0.15, -0.1) is 0 Å². The normalized spacial score (nSPS) is 42.4. The molecule has 0 aromatic carbocycles. The Labute approximate surface area is 106 Å². The van der Waals surface area contributed by atoms with E-state index in [4.69, 9.17) is 5.73 Å². The molecular weight excluding hydrogens is 208 g/mol. The molecule has 1 spiro atoms. The van der Waals surface area contributed by atoms with Crippen LogP contribution >= 0.6 is 0 Å². The van der Waals surface area contributed by atoms with E-state index < -0.39 is 0 Å². The van der Waals surface area contributed by atoms with Crippen molar-refractivity contribution in [3.8, 4) is 0 Å². The molecule has 2 nitrogen and oxygen atoms in total. The van der Waals surface area contributed by atoms with Gasteiger partial charge in [0.05, 0.1) is 0 Å². The predicted octanol–water partition coefficient (Wildman–Crippen LogP) is 2.77. The molecule has 3 unspecified atom stereocenters. The van der Waals surface area contributed by atoms with Crippen LogP contribution in [-0.2, 0) is 0 Å². The first-order chi connectivity index (χ1) is 8.21. The predicted molar refractivity (Wildman–Crippen MR) is 71.9 cm³/mol. The van der Waals surface area contributed by atoms with Crippen molar-refractivity contribution in [3.63, 3.8) is 0 Å². The molecule has 3 atom stereocenters. The average Bonchev–Trinajstić information content (AvgIpc) is 2.34. The fraction of sp³-hybridized carbons (Fsp3) is 1.00. The first-order valence-electron chi connectivity index (χ1n) is 7.71. The van der Waals surface area contributed by atoms with Crippen LogP contribution in [0, 0.1) is 11.3 Å². The highest BCUT2D eigenvalue weighted by Gasteiger charge is 2.50. The molecule has 2 N–H and O–H groups in total. The Balaban J connectivity index is 1.64.